The molecule has 0 bridgehead atoms. The summed E-state index contributed by atoms with van der Waals surface area (Å²) in [6.07, 6.45) is 0. The van der Waals surface area contributed by atoms with Crippen molar-refractivity contribution >= 4 is 53.1 Å². The Morgan fingerprint density at radius 2 is 1.37 bits per heavy atom. The summed E-state index contributed by atoms with van der Waals surface area (Å²) in [6.45, 7) is 5.05. The van der Waals surface area contributed by atoms with Crippen molar-refractivity contribution in [1.82, 2.24) is 20.9 Å². The Balaban J connectivity index is 0.00000336. The fraction of sp³-hybridized carbons (Fsp3) is 0.321. The molecule has 3 aromatic carbocycles. The fourth-order valence-electron chi connectivity index (χ4n) is 5.15. The average Bonchev–Trinajstić information content (AvgIpc) is 3.31. The Morgan fingerprint density at radius 3 is 1.87 bits per heavy atom. The molecule has 3 aromatic rings. The van der Waals surface area contributed by atoms with Crippen LogP contribution in [0.25, 0.3) is 0 Å². The van der Waals surface area contributed by atoms with E-state index in [4.69, 9.17) is 39.5 Å². The number of piperazine rings is 1. The molecule has 0 aliphatic carbocycles. The predicted octanol–water partition coefficient (Wildman–Crippen LogP) is 5.73. The van der Waals surface area contributed by atoms with Crippen molar-refractivity contribution in [2.45, 2.75) is 24.7 Å². The van der Waals surface area contributed by atoms with E-state index in [9.17, 15) is 4.79 Å². The van der Waals surface area contributed by atoms with Crippen molar-refractivity contribution in [3.05, 3.63) is 98.5 Å². The van der Waals surface area contributed by atoms with Gasteiger partial charge in [-0.1, -0.05) is 65.1 Å². The van der Waals surface area contributed by atoms with Crippen LogP contribution < -0.4 is 20.7 Å². The molecular weight excluding hydrogens is 566 g/mol. The smallest absolute Gasteiger partial charge is 0.262 e. The molecule has 10 heteroatoms. The van der Waals surface area contributed by atoms with Gasteiger partial charge in [0.05, 0.1) is 18.7 Å². The van der Waals surface area contributed by atoms with Crippen molar-refractivity contribution in [3.63, 3.8) is 0 Å². The van der Waals surface area contributed by atoms with E-state index in [1.807, 2.05) is 66.4 Å². The topological polar surface area (TPSA) is 65.6 Å². The van der Waals surface area contributed by atoms with Gasteiger partial charge in [-0.15, -0.1) is 12.4 Å². The molecule has 38 heavy (non-hydrogen) atoms. The molecule has 1 amide bonds. The number of ether oxygens (including phenoxy) is 1. The molecule has 0 radical (unpaired) electrons. The number of halogens is 4. The Hall–Kier alpha value is -2.03. The Bertz CT molecular complexity index is 1200. The van der Waals surface area contributed by atoms with Crippen LogP contribution in [0.1, 0.15) is 35.7 Å². The Kier molecular flexibility index (Phi) is 9.48. The fourth-order valence-corrected chi connectivity index (χ4v) is 5.56. The minimum atomic E-state index is -1.26. The highest BCUT2D eigenvalue weighted by molar-refractivity contribution is 6.31. The molecule has 2 unspecified atom stereocenters. The lowest BCUT2D eigenvalue weighted by Gasteiger charge is -2.38. The number of rotatable bonds is 6. The number of nitrogens with one attached hydrogen (secondary N) is 3. The highest BCUT2D eigenvalue weighted by Gasteiger charge is 2.54. The van der Waals surface area contributed by atoms with Crippen LogP contribution in [0, 0.1) is 0 Å². The van der Waals surface area contributed by atoms with Gasteiger partial charge in [0.1, 0.15) is 5.75 Å². The molecule has 2 atom stereocenters. The second-order valence-corrected chi connectivity index (χ2v) is 10.5. The van der Waals surface area contributed by atoms with Crippen LogP contribution in [0.2, 0.25) is 15.1 Å². The summed E-state index contributed by atoms with van der Waals surface area (Å²) in [5.74, 6) is 0.498. The van der Waals surface area contributed by atoms with Gasteiger partial charge in [-0.3, -0.25) is 15.4 Å². The predicted molar refractivity (Wildman–Crippen MR) is 156 cm³/mol. The zero-order valence-corrected chi connectivity index (χ0v) is 23.9. The average molecular weight is 596 g/mol. The van der Waals surface area contributed by atoms with Gasteiger partial charge in [0.15, 0.2) is 5.66 Å². The number of hydrogen-bond acceptors (Lipinski definition) is 5. The lowest BCUT2D eigenvalue weighted by Crippen LogP contribution is -2.61. The molecule has 0 spiro atoms. The first kappa shape index (κ1) is 29.0. The quantitative estimate of drug-likeness (QED) is 0.340. The van der Waals surface area contributed by atoms with Crippen molar-refractivity contribution in [1.29, 1.82) is 0 Å². The van der Waals surface area contributed by atoms with Gasteiger partial charge in [0.25, 0.3) is 5.91 Å². The van der Waals surface area contributed by atoms with E-state index in [-0.39, 0.29) is 30.4 Å². The Labute approximate surface area is 244 Å². The maximum Gasteiger partial charge on any atom is 0.262 e. The maximum absolute atomic E-state index is 14.5. The monoisotopic (exact) mass is 594 g/mol. The number of nitrogens with zero attached hydrogens (tertiary/aromatic N) is 1. The number of carbonyl (C=O) groups excluding carboxylic acids is 1. The lowest BCUT2D eigenvalue weighted by atomic mass is 9.95. The molecule has 2 fully saturated rings. The molecule has 5 rings (SSSR count). The van der Waals surface area contributed by atoms with Crippen LogP contribution in [0.3, 0.4) is 0 Å². The third-order valence-corrected chi connectivity index (χ3v) is 7.65. The molecule has 3 N–H and O–H groups in total. The van der Waals surface area contributed by atoms with Crippen LogP contribution in [0.15, 0.2) is 66.7 Å². The zero-order chi connectivity index (χ0) is 26.0. The first-order chi connectivity index (χ1) is 17.9. The van der Waals surface area contributed by atoms with Gasteiger partial charge in [0, 0.05) is 46.8 Å². The molecular formula is C28H30Cl4N4O2. The molecule has 2 aliphatic rings. The third kappa shape index (κ3) is 5.77. The summed E-state index contributed by atoms with van der Waals surface area (Å²) in [5, 5.41) is 12.6. The van der Waals surface area contributed by atoms with Crippen LogP contribution >= 0.6 is 47.2 Å². The minimum absolute atomic E-state index is 0. The highest BCUT2D eigenvalue weighted by atomic mass is 35.5. The van der Waals surface area contributed by atoms with Gasteiger partial charge in [-0.25, -0.2) is 0 Å². The van der Waals surface area contributed by atoms with Crippen LogP contribution in [-0.2, 0) is 10.5 Å². The van der Waals surface area contributed by atoms with E-state index >= 15 is 0 Å². The van der Waals surface area contributed by atoms with E-state index in [1.54, 1.807) is 12.1 Å². The second-order valence-electron chi connectivity index (χ2n) is 9.21. The summed E-state index contributed by atoms with van der Waals surface area (Å²) in [6, 6.07) is 20.3. The molecule has 2 saturated heterocycles. The lowest BCUT2D eigenvalue weighted by molar-refractivity contribution is -0.140. The standard InChI is InChI=1S/C28H29Cl3N4O2.ClH/c1-2-37-24-17-22(31)11-12-23(24)28(27(36)35-15-13-32-14-16-35)33-25(18-3-7-20(29)8-4-18)26(34-28)19-5-9-21(30)10-6-19;/h3-12,17,25-26,32-34H,2,13-16H2,1H3;1H. The van der Waals surface area contributed by atoms with E-state index in [1.165, 1.54) is 0 Å². The van der Waals surface area contributed by atoms with E-state index in [0.29, 0.717) is 46.1 Å². The Morgan fingerprint density at radius 1 is 0.868 bits per heavy atom. The number of amides is 1. The molecule has 6 nitrogen and oxygen atoms in total. The van der Waals surface area contributed by atoms with Crippen LogP contribution in [0.4, 0.5) is 0 Å². The van der Waals surface area contributed by atoms with E-state index < -0.39 is 5.66 Å². The first-order valence-electron chi connectivity index (χ1n) is 12.4. The number of hydrogen-bond donors (Lipinski definition) is 3. The number of carbonyl (C=O) groups is 1. The molecule has 0 saturated carbocycles. The van der Waals surface area contributed by atoms with Gasteiger partial charge in [-0.2, -0.15) is 0 Å². The third-order valence-electron chi connectivity index (χ3n) is 6.91. The minimum Gasteiger partial charge on any atom is -0.493 e. The van der Waals surface area contributed by atoms with Crippen LogP contribution in [0.5, 0.6) is 5.75 Å². The first-order valence-corrected chi connectivity index (χ1v) is 13.5. The van der Waals surface area contributed by atoms with Crippen LogP contribution in [-0.4, -0.2) is 43.6 Å². The molecule has 202 valence electrons. The van der Waals surface area contributed by atoms with E-state index in [2.05, 4.69) is 16.0 Å². The van der Waals surface area contributed by atoms with Gasteiger partial charge in [-0.05, 0) is 54.4 Å². The SMILES string of the molecule is CCOc1cc(Cl)ccc1C1(C(=O)N2CCNCC2)NC(c2ccc(Cl)cc2)C(c2ccc(Cl)cc2)N1.Cl. The largest absolute Gasteiger partial charge is 0.493 e. The zero-order valence-electron chi connectivity index (χ0n) is 20.8. The maximum atomic E-state index is 14.5. The van der Waals surface area contributed by atoms with E-state index in [0.717, 1.165) is 24.2 Å². The summed E-state index contributed by atoms with van der Waals surface area (Å²) in [4.78, 5) is 16.4. The summed E-state index contributed by atoms with van der Waals surface area (Å²) in [7, 11) is 0. The van der Waals surface area contributed by atoms with Crippen molar-refractivity contribution < 1.29 is 9.53 Å². The highest BCUT2D eigenvalue weighted by Crippen LogP contribution is 2.45. The normalized spacial score (nSPS) is 23.1. The van der Waals surface area contributed by atoms with Gasteiger partial charge >= 0.3 is 0 Å². The summed E-state index contributed by atoms with van der Waals surface area (Å²) < 4.78 is 6.02. The van der Waals surface area contributed by atoms with Crippen molar-refractivity contribution in [3.8, 4) is 5.75 Å². The number of benzene rings is 3. The van der Waals surface area contributed by atoms with Gasteiger partial charge in [0.2, 0.25) is 0 Å². The summed E-state index contributed by atoms with van der Waals surface area (Å²) in [5.41, 5.74) is 1.43. The van der Waals surface area contributed by atoms with Crippen molar-refractivity contribution in [2.24, 2.45) is 0 Å². The van der Waals surface area contributed by atoms with Crippen molar-refractivity contribution in [2.75, 3.05) is 32.8 Å². The summed E-state index contributed by atoms with van der Waals surface area (Å²) >= 11 is 18.8. The second kappa shape index (κ2) is 12.4. The molecule has 0 aromatic heterocycles. The van der Waals surface area contributed by atoms with Gasteiger partial charge < -0.3 is 15.0 Å². The molecule has 2 aliphatic heterocycles. The molecule has 2 heterocycles.